The lowest BCUT2D eigenvalue weighted by atomic mass is 9.86. The topological polar surface area (TPSA) is 33.1 Å². The number of hydrogen-bond acceptors (Lipinski definition) is 2. The summed E-state index contributed by atoms with van der Waals surface area (Å²) >= 11 is 0. The number of halogens is 4. The molecule has 2 nitrogen and oxygen atoms in total. The van der Waals surface area contributed by atoms with E-state index in [1.807, 2.05) is 20.8 Å². The van der Waals surface area contributed by atoms with E-state index in [0.29, 0.717) is 6.07 Å². The first-order valence-corrected chi connectivity index (χ1v) is 7.00. The summed E-state index contributed by atoms with van der Waals surface area (Å²) in [5.41, 5.74) is -0.490. The van der Waals surface area contributed by atoms with E-state index in [-0.39, 0.29) is 16.7 Å². The van der Waals surface area contributed by atoms with Gasteiger partial charge in [0.15, 0.2) is 0 Å². The van der Waals surface area contributed by atoms with Gasteiger partial charge in [0.2, 0.25) is 0 Å². The van der Waals surface area contributed by atoms with Crippen molar-refractivity contribution >= 4 is 0 Å². The first-order chi connectivity index (χ1) is 10.5. The first kappa shape index (κ1) is 17.4. The average Bonchev–Trinajstić information content (AvgIpc) is 2.44. The summed E-state index contributed by atoms with van der Waals surface area (Å²) in [6.07, 6.45) is -4.64. The Hall–Kier alpha value is -1.95. The number of nitrogens with zero attached hydrogens (tertiary/aromatic N) is 1. The zero-order valence-electron chi connectivity index (χ0n) is 12.9. The number of aliphatic hydroxyl groups excluding tert-OH is 1. The normalized spacial score (nSPS) is 13.9. The SMILES string of the molecule is CC(C)(C)c1ccnc(C(O)c2cc(F)cc(C(F)(F)F)c2)c1. The van der Waals surface area contributed by atoms with Crippen LogP contribution in [0, 0.1) is 5.82 Å². The molecule has 1 heterocycles. The lowest BCUT2D eigenvalue weighted by Gasteiger charge is -2.21. The number of aliphatic hydroxyl groups is 1. The first-order valence-electron chi connectivity index (χ1n) is 7.00. The van der Waals surface area contributed by atoms with E-state index < -0.39 is 23.7 Å². The predicted octanol–water partition coefficient (Wildman–Crippen LogP) is 4.62. The summed E-state index contributed by atoms with van der Waals surface area (Å²) in [6.45, 7) is 5.88. The van der Waals surface area contributed by atoms with Gasteiger partial charge in [-0.15, -0.1) is 0 Å². The summed E-state index contributed by atoms with van der Waals surface area (Å²) in [7, 11) is 0. The second kappa shape index (κ2) is 5.92. The van der Waals surface area contributed by atoms with Gasteiger partial charge >= 0.3 is 6.18 Å². The zero-order valence-corrected chi connectivity index (χ0v) is 12.9. The minimum atomic E-state index is -4.68. The maximum Gasteiger partial charge on any atom is 0.416 e. The molecular weight excluding hydrogens is 310 g/mol. The highest BCUT2D eigenvalue weighted by Crippen LogP contribution is 2.33. The molecule has 0 radical (unpaired) electrons. The molecule has 0 fully saturated rings. The summed E-state index contributed by atoms with van der Waals surface area (Å²) in [6, 6.07) is 5.39. The second-order valence-corrected chi connectivity index (χ2v) is 6.39. The molecule has 1 unspecified atom stereocenters. The monoisotopic (exact) mass is 327 g/mol. The van der Waals surface area contributed by atoms with Gasteiger partial charge in [-0.2, -0.15) is 13.2 Å². The van der Waals surface area contributed by atoms with Crippen molar-refractivity contribution in [3.05, 3.63) is 64.7 Å². The van der Waals surface area contributed by atoms with Gasteiger partial charge in [0.05, 0.1) is 11.3 Å². The molecule has 0 bridgehead atoms. The molecule has 0 aliphatic carbocycles. The fourth-order valence-corrected chi connectivity index (χ4v) is 2.17. The Morgan fingerprint density at radius 3 is 2.22 bits per heavy atom. The molecule has 6 heteroatoms. The summed E-state index contributed by atoms with van der Waals surface area (Å²) in [5, 5.41) is 10.3. The predicted molar refractivity (Wildman–Crippen MR) is 78.4 cm³/mol. The lowest BCUT2D eigenvalue weighted by molar-refractivity contribution is -0.137. The van der Waals surface area contributed by atoms with Crippen molar-refractivity contribution in [2.45, 2.75) is 38.5 Å². The third-order valence-electron chi connectivity index (χ3n) is 3.49. The largest absolute Gasteiger partial charge is 0.416 e. The van der Waals surface area contributed by atoms with Gasteiger partial charge in [-0.3, -0.25) is 4.98 Å². The fourth-order valence-electron chi connectivity index (χ4n) is 2.17. The van der Waals surface area contributed by atoms with E-state index in [9.17, 15) is 22.7 Å². The minimum Gasteiger partial charge on any atom is -0.382 e. The van der Waals surface area contributed by atoms with E-state index in [4.69, 9.17) is 0 Å². The van der Waals surface area contributed by atoms with Gasteiger partial charge in [0.25, 0.3) is 0 Å². The molecule has 1 aromatic carbocycles. The van der Waals surface area contributed by atoms with Gasteiger partial charge in [0.1, 0.15) is 11.9 Å². The fraction of sp³-hybridized carbons (Fsp3) is 0.353. The van der Waals surface area contributed by atoms with Crippen LogP contribution in [0.1, 0.15) is 49.3 Å². The minimum absolute atomic E-state index is 0.177. The van der Waals surface area contributed by atoms with Gasteiger partial charge in [0, 0.05) is 6.20 Å². The highest BCUT2D eigenvalue weighted by atomic mass is 19.4. The molecular formula is C17H17F4NO. The molecule has 124 valence electrons. The van der Waals surface area contributed by atoms with Crippen LogP contribution in [0.3, 0.4) is 0 Å². The molecule has 0 aliphatic rings. The molecule has 1 aromatic heterocycles. The highest BCUT2D eigenvalue weighted by Gasteiger charge is 2.32. The molecule has 0 spiro atoms. The number of rotatable bonds is 2. The average molecular weight is 327 g/mol. The number of alkyl halides is 3. The maximum atomic E-state index is 13.5. The number of aromatic nitrogens is 1. The van der Waals surface area contributed by atoms with Crippen LogP contribution in [0.2, 0.25) is 0 Å². The zero-order chi connectivity index (χ0) is 17.4. The maximum absolute atomic E-state index is 13.5. The van der Waals surface area contributed by atoms with Crippen molar-refractivity contribution in [3.63, 3.8) is 0 Å². The lowest BCUT2D eigenvalue weighted by Crippen LogP contribution is -2.13. The molecule has 0 saturated carbocycles. The summed E-state index contributed by atoms with van der Waals surface area (Å²) in [4.78, 5) is 4.00. The van der Waals surface area contributed by atoms with Crippen LogP contribution in [-0.2, 0) is 11.6 Å². The number of pyridine rings is 1. The molecule has 2 aromatic rings. The standard InChI is InChI=1S/C17H17F4NO/c1-16(2,3)11-4-5-22-14(9-11)15(23)10-6-12(17(19,20)21)8-13(18)7-10/h4-9,15,23H,1-3H3. The molecule has 1 atom stereocenters. The Kier molecular flexibility index (Phi) is 4.48. The van der Waals surface area contributed by atoms with E-state index in [1.54, 1.807) is 12.1 Å². The summed E-state index contributed by atoms with van der Waals surface area (Å²) in [5.74, 6) is -1.05. The Morgan fingerprint density at radius 1 is 1.00 bits per heavy atom. The van der Waals surface area contributed by atoms with Gasteiger partial charge in [-0.25, -0.2) is 4.39 Å². The number of hydrogen-bond donors (Lipinski definition) is 1. The van der Waals surface area contributed by atoms with E-state index in [2.05, 4.69) is 4.98 Å². The Balaban J connectivity index is 2.45. The molecule has 23 heavy (non-hydrogen) atoms. The molecule has 0 aliphatic heterocycles. The van der Waals surface area contributed by atoms with Crippen LogP contribution in [-0.4, -0.2) is 10.1 Å². The van der Waals surface area contributed by atoms with Crippen LogP contribution >= 0.6 is 0 Å². The second-order valence-electron chi connectivity index (χ2n) is 6.39. The van der Waals surface area contributed by atoms with Gasteiger partial charge in [-0.05, 0) is 46.9 Å². The molecule has 0 saturated heterocycles. The van der Waals surface area contributed by atoms with E-state index in [1.165, 1.54) is 6.20 Å². The Bertz CT molecular complexity index is 704. The molecule has 1 N–H and O–H groups in total. The van der Waals surface area contributed by atoms with Crippen LogP contribution in [0.15, 0.2) is 36.5 Å². The third kappa shape index (κ3) is 4.07. The molecule has 0 amide bonds. The Morgan fingerprint density at radius 2 is 1.65 bits per heavy atom. The van der Waals surface area contributed by atoms with Crippen molar-refractivity contribution in [1.82, 2.24) is 4.98 Å². The van der Waals surface area contributed by atoms with Gasteiger partial charge in [-0.1, -0.05) is 20.8 Å². The van der Waals surface area contributed by atoms with Crippen molar-refractivity contribution in [1.29, 1.82) is 0 Å². The quantitative estimate of drug-likeness (QED) is 0.817. The highest BCUT2D eigenvalue weighted by molar-refractivity contribution is 5.34. The third-order valence-corrected chi connectivity index (χ3v) is 3.49. The van der Waals surface area contributed by atoms with E-state index >= 15 is 0 Å². The van der Waals surface area contributed by atoms with Crippen LogP contribution < -0.4 is 0 Å². The van der Waals surface area contributed by atoms with Crippen LogP contribution in [0.25, 0.3) is 0 Å². The van der Waals surface area contributed by atoms with Crippen molar-refractivity contribution in [2.24, 2.45) is 0 Å². The Labute approximate surface area is 131 Å². The smallest absolute Gasteiger partial charge is 0.382 e. The van der Waals surface area contributed by atoms with E-state index in [0.717, 1.165) is 17.7 Å². The van der Waals surface area contributed by atoms with Crippen molar-refractivity contribution in [3.8, 4) is 0 Å². The van der Waals surface area contributed by atoms with Crippen molar-refractivity contribution < 1.29 is 22.7 Å². The van der Waals surface area contributed by atoms with Crippen molar-refractivity contribution in [2.75, 3.05) is 0 Å². The number of benzene rings is 1. The van der Waals surface area contributed by atoms with Crippen LogP contribution in [0.4, 0.5) is 17.6 Å². The summed E-state index contributed by atoms with van der Waals surface area (Å²) < 4.78 is 51.8. The van der Waals surface area contributed by atoms with Crippen LogP contribution in [0.5, 0.6) is 0 Å². The van der Waals surface area contributed by atoms with Gasteiger partial charge < -0.3 is 5.11 Å². The molecule has 2 rings (SSSR count).